The zero-order valence-corrected chi connectivity index (χ0v) is 19.3. The topological polar surface area (TPSA) is 16.1 Å². The molecule has 4 aliphatic rings. The van der Waals surface area contributed by atoms with Crippen LogP contribution in [-0.4, -0.2) is 4.98 Å². The number of rotatable bonds is 0. The molecule has 0 amide bonds. The molecule has 2 nitrogen and oxygen atoms in total. The van der Waals surface area contributed by atoms with Gasteiger partial charge in [0.05, 0.1) is 23.3 Å². The second-order valence-electron chi connectivity index (χ2n) is 10.4. The number of hydrogen-bond acceptors (Lipinski definition) is 2. The summed E-state index contributed by atoms with van der Waals surface area (Å²) in [7, 11) is 0. The van der Waals surface area contributed by atoms with Gasteiger partial charge in [0.25, 0.3) is 0 Å². The minimum Gasteiger partial charge on any atom is -0.308 e. The van der Waals surface area contributed by atoms with E-state index in [-0.39, 0.29) is 0 Å². The zero-order valence-electron chi connectivity index (χ0n) is 19.3. The molecule has 0 saturated carbocycles. The van der Waals surface area contributed by atoms with Gasteiger partial charge in [-0.2, -0.15) is 0 Å². The van der Waals surface area contributed by atoms with E-state index in [0.717, 1.165) is 25.7 Å². The van der Waals surface area contributed by atoms with Crippen LogP contribution in [0.3, 0.4) is 0 Å². The molecule has 0 spiro atoms. The summed E-state index contributed by atoms with van der Waals surface area (Å²) in [4.78, 5) is 7.02. The van der Waals surface area contributed by atoms with Crippen molar-refractivity contribution in [2.75, 3.05) is 4.90 Å². The molecule has 164 valence electrons. The van der Waals surface area contributed by atoms with E-state index >= 15 is 0 Å². The highest BCUT2D eigenvalue weighted by molar-refractivity contribution is 5.94. The monoisotopic (exact) mass is 446 g/mol. The third-order valence-electron chi connectivity index (χ3n) is 8.59. The summed E-state index contributed by atoms with van der Waals surface area (Å²) >= 11 is 0. The zero-order chi connectivity index (χ0) is 22.7. The molecule has 5 aromatic rings. The Morgan fingerprint density at radius 3 is 2.31 bits per heavy atom. The lowest BCUT2D eigenvalue weighted by molar-refractivity contribution is 0.999. The van der Waals surface area contributed by atoms with E-state index in [9.17, 15) is 0 Å². The van der Waals surface area contributed by atoms with Gasteiger partial charge in [0.1, 0.15) is 0 Å². The Balaban J connectivity index is 1.27. The maximum atomic E-state index is 4.52. The van der Waals surface area contributed by atoms with E-state index in [1.165, 1.54) is 83.8 Å². The van der Waals surface area contributed by atoms with E-state index in [0.29, 0.717) is 0 Å². The van der Waals surface area contributed by atoms with Gasteiger partial charge in [0.2, 0.25) is 0 Å². The third kappa shape index (κ3) is 2.27. The average Bonchev–Trinajstić information content (AvgIpc) is 3.45. The van der Waals surface area contributed by atoms with E-state index in [4.69, 9.17) is 0 Å². The number of benzene rings is 4. The maximum Gasteiger partial charge on any atom is 0.0680 e. The molecule has 0 bridgehead atoms. The summed E-state index contributed by atoms with van der Waals surface area (Å²) in [6, 6.07) is 27.7. The Bertz CT molecular complexity index is 1760. The lowest BCUT2D eigenvalue weighted by atomic mass is 9.85. The Hall–Kier alpha value is -4.17. The number of hydrogen-bond donors (Lipinski definition) is 0. The first kappa shape index (κ1) is 18.2. The molecule has 3 heterocycles. The van der Waals surface area contributed by atoms with Crippen LogP contribution < -0.4 is 4.90 Å². The Kier molecular flexibility index (Phi) is 3.27. The first-order valence-corrected chi connectivity index (χ1v) is 12.6. The molecule has 4 aromatic carbocycles. The smallest absolute Gasteiger partial charge is 0.0680 e. The fraction of sp³-hybridized carbons (Fsp3) is 0.121. The maximum absolute atomic E-state index is 4.52. The van der Waals surface area contributed by atoms with Crippen molar-refractivity contribution < 1.29 is 0 Å². The van der Waals surface area contributed by atoms with Gasteiger partial charge in [-0.05, 0) is 97.8 Å². The summed E-state index contributed by atoms with van der Waals surface area (Å²) in [5.74, 6) is 0. The van der Waals surface area contributed by atoms with Crippen molar-refractivity contribution in [1.82, 2.24) is 4.98 Å². The first-order valence-electron chi connectivity index (χ1n) is 12.6. The average molecular weight is 447 g/mol. The highest BCUT2D eigenvalue weighted by Crippen LogP contribution is 2.54. The predicted molar refractivity (Wildman–Crippen MR) is 141 cm³/mol. The van der Waals surface area contributed by atoms with Crippen molar-refractivity contribution in [3.63, 3.8) is 0 Å². The summed E-state index contributed by atoms with van der Waals surface area (Å²) in [6.45, 7) is 0. The van der Waals surface area contributed by atoms with Crippen molar-refractivity contribution in [3.05, 3.63) is 130 Å². The Morgan fingerprint density at radius 2 is 1.37 bits per heavy atom. The van der Waals surface area contributed by atoms with Gasteiger partial charge in [-0.1, -0.05) is 54.6 Å². The van der Waals surface area contributed by atoms with Crippen LogP contribution in [0, 0.1) is 0 Å². The molecule has 1 aromatic heterocycles. The van der Waals surface area contributed by atoms with Crippen molar-refractivity contribution in [2.45, 2.75) is 25.7 Å². The molecule has 0 unspecified atom stereocenters. The molecule has 0 fully saturated rings. The van der Waals surface area contributed by atoms with Gasteiger partial charge in [-0.25, -0.2) is 0 Å². The van der Waals surface area contributed by atoms with Crippen LogP contribution in [-0.2, 0) is 25.7 Å². The van der Waals surface area contributed by atoms with E-state index < -0.39 is 0 Å². The molecule has 2 heteroatoms. The predicted octanol–water partition coefficient (Wildman–Crippen LogP) is 7.50. The van der Waals surface area contributed by atoms with Crippen LogP contribution in [0.2, 0.25) is 0 Å². The van der Waals surface area contributed by atoms with Gasteiger partial charge in [-0.3, -0.25) is 4.98 Å². The van der Waals surface area contributed by atoms with Crippen molar-refractivity contribution in [2.24, 2.45) is 0 Å². The van der Waals surface area contributed by atoms with Crippen LogP contribution >= 0.6 is 0 Å². The van der Waals surface area contributed by atoms with Crippen LogP contribution in [0.1, 0.15) is 44.5 Å². The summed E-state index contributed by atoms with van der Waals surface area (Å²) in [5.41, 5.74) is 21.3. The molecule has 2 aliphatic heterocycles. The number of aromatic nitrogens is 1. The largest absolute Gasteiger partial charge is 0.308 e. The molecule has 0 N–H and O–H groups in total. The van der Waals surface area contributed by atoms with Gasteiger partial charge in [0.15, 0.2) is 0 Å². The Morgan fingerprint density at radius 1 is 0.543 bits per heavy atom. The number of para-hydroxylation sites is 1. The minimum atomic E-state index is 0.982. The molecule has 2 aliphatic carbocycles. The Labute approximate surface area is 204 Å². The van der Waals surface area contributed by atoms with Crippen LogP contribution in [0.25, 0.3) is 22.3 Å². The third-order valence-corrected chi connectivity index (χ3v) is 8.59. The second-order valence-corrected chi connectivity index (χ2v) is 10.4. The van der Waals surface area contributed by atoms with Gasteiger partial charge in [-0.15, -0.1) is 0 Å². The van der Waals surface area contributed by atoms with Gasteiger partial charge >= 0.3 is 0 Å². The first-order chi connectivity index (χ1) is 17.3. The van der Waals surface area contributed by atoms with E-state index in [1.807, 2.05) is 6.20 Å². The number of nitrogens with zero attached hydrogens (tertiary/aromatic N) is 2. The number of pyridine rings is 1. The fourth-order valence-corrected chi connectivity index (χ4v) is 7.12. The summed E-state index contributed by atoms with van der Waals surface area (Å²) < 4.78 is 0. The summed E-state index contributed by atoms with van der Waals surface area (Å²) in [6.07, 6.45) is 8.01. The van der Waals surface area contributed by atoms with Crippen LogP contribution in [0.15, 0.2) is 85.2 Å². The SMILES string of the molecule is c1ccc2c(c1)Cc1c-2ccc2c1-c1cc3c(cc1C2)N1c2cnccc2Cc2cccc(c21)C3. The van der Waals surface area contributed by atoms with Gasteiger partial charge < -0.3 is 4.90 Å². The van der Waals surface area contributed by atoms with E-state index in [2.05, 4.69) is 88.9 Å². The lowest BCUT2D eigenvalue weighted by Gasteiger charge is -2.39. The highest BCUT2D eigenvalue weighted by Gasteiger charge is 2.34. The number of fused-ring (bicyclic) bond motifs is 11. The number of anilines is 3. The van der Waals surface area contributed by atoms with Gasteiger partial charge in [0, 0.05) is 19.0 Å². The second kappa shape index (κ2) is 6.28. The standard InChI is InChI=1S/C33H22N2/c1-2-7-26-19(4-1)15-29-27(26)9-8-21-13-24-17-30-25(16-28(24)32(21)29)14-23-6-3-5-22-12-20-10-11-34-18-31(20)35(30)33(22)23/h1-11,16-18H,12-15H2. The fourth-order valence-electron chi connectivity index (χ4n) is 7.12. The van der Waals surface area contributed by atoms with E-state index in [1.54, 1.807) is 0 Å². The molecule has 9 rings (SSSR count). The van der Waals surface area contributed by atoms with Crippen molar-refractivity contribution in [1.29, 1.82) is 0 Å². The molecule has 0 saturated heterocycles. The molecule has 35 heavy (non-hydrogen) atoms. The molecular weight excluding hydrogens is 424 g/mol. The van der Waals surface area contributed by atoms with Crippen molar-refractivity contribution >= 4 is 17.1 Å². The highest BCUT2D eigenvalue weighted by atomic mass is 15.2. The van der Waals surface area contributed by atoms with Crippen LogP contribution in [0.4, 0.5) is 17.1 Å². The molecule has 0 radical (unpaired) electrons. The summed E-state index contributed by atoms with van der Waals surface area (Å²) in [5, 5.41) is 0. The normalized spacial score (nSPS) is 14.9. The molecular formula is C33H22N2. The van der Waals surface area contributed by atoms with Crippen molar-refractivity contribution in [3.8, 4) is 22.3 Å². The molecule has 0 atom stereocenters. The lowest BCUT2D eigenvalue weighted by Crippen LogP contribution is -2.25. The quantitative estimate of drug-likeness (QED) is 0.240. The van der Waals surface area contributed by atoms with Crippen LogP contribution in [0.5, 0.6) is 0 Å². The minimum absolute atomic E-state index is 0.982.